The van der Waals surface area contributed by atoms with Crippen molar-refractivity contribution in [2.75, 3.05) is 33.0 Å². The van der Waals surface area contributed by atoms with Crippen molar-refractivity contribution in [3.8, 4) is 0 Å². The van der Waals surface area contributed by atoms with E-state index in [1.165, 1.54) is 38.5 Å². The molecule has 43 heavy (non-hydrogen) atoms. The van der Waals surface area contributed by atoms with E-state index in [0.29, 0.717) is 6.61 Å². The van der Waals surface area contributed by atoms with Gasteiger partial charge in [-0.05, 0) is 64.2 Å². The lowest BCUT2D eigenvalue weighted by Gasteiger charge is -2.20. The molecule has 0 saturated carbocycles. The maximum Gasteiger partial charge on any atom is 0.472 e. The number of carbonyl (C=O) groups excluding carboxylic acids is 1. The summed E-state index contributed by atoms with van der Waals surface area (Å²) in [5.41, 5.74) is 5.33. The third kappa shape index (κ3) is 31.7. The summed E-state index contributed by atoms with van der Waals surface area (Å²) in [6.07, 6.45) is 34.1. The second-order valence-corrected chi connectivity index (χ2v) is 12.1. The number of ether oxygens (including phenoxy) is 2. The molecular weight excluding hydrogens is 565 g/mol. The summed E-state index contributed by atoms with van der Waals surface area (Å²) in [4.78, 5) is 22.2. The summed E-state index contributed by atoms with van der Waals surface area (Å²) < 4.78 is 33.1. The van der Waals surface area contributed by atoms with Crippen molar-refractivity contribution in [2.24, 2.45) is 5.73 Å². The predicted molar refractivity (Wildman–Crippen MR) is 178 cm³/mol. The zero-order valence-corrected chi connectivity index (χ0v) is 28.1. The number of allylic oxidation sites excluding steroid dienone is 8. The van der Waals surface area contributed by atoms with Gasteiger partial charge in [-0.15, -0.1) is 0 Å². The second-order valence-electron chi connectivity index (χ2n) is 10.6. The van der Waals surface area contributed by atoms with Crippen LogP contribution >= 0.6 is 7.82 Å². The number of phosphoric acid groups is 1. The lowest BCUT2D eigenvalue weighted by atomic mass is 10.1. The molecule has 0 amide bonds. The van der Waals surface area contributed by atoms with Crippen LogP contribution in [0.5, 0.6) is 0 Å². The minimum absolute atomic E-state index is 0.0925. The maximum atomic E-state index is 12.4. The van der Waals surface area contributed by atoms with Crippen molar-refractivity contribution in [2.45, 2.75) is 129 Å². The highest BCUT2D eigenvalue weighted by Crippen LogP contribution is 2.43. The Morgan fingerprint density at radius 3 is 1.98 bits per heavy atom. The lowest BCUT2D eigenvalue weighted by molar-refractivity contribution is -0.154. The van der Waals surface area contributed by atoms with Gasteiger partial charge >= 0.3 is 13.8 Å². The monoisotopic (exact) mass is 627 g/mol. The first-order chi connectivity index (χ1) is 20.9. The highest BCUT2D eigenvalue weighted by atomic mass is 31.2. The van der Waals surface area contributed by atoms with Gasteiger partial charge in [-0.3, -0.25) is 13.8 Å². The Morgan fingerprint density at radius 2 is 1.30 bits per heavy atom. The van der Waals surface area contributed by atoms with Crippen LogP contribution < -0.4 is 5.73 Å². The Kier molecular flexibility index (Phi) is 30.7. The average Bonchev–Trinajstić information content (AvgIpc) is 2.99. The average molecular weight is 628 g/mol. The van der Waals surface area contributed by atoms with Crippen molar-refractivity contribution in [3.05, 3.63) is 48.6 Å². The molecule has 0 rings (SSSR count). The summed E-state index contributed by atoms with van der Waals surface area (Å²) >= 11 is 0. The first-order valence-corrected chi connectivity index (χ1v) is 18.1. The van der Waals surface area contributed by atoms with Gasteiger partial charge in [-0.1, -0.05) is 101 Å². The van der Waals surface area contributed by atoms with E-state index < -0.39 is 13.9 Å². The number of phosphoric ester groups is 1. The second kappa shape index (κ2) is 31.9. The number of nitrogens with two attached hydrogens (primary N) is 1. The molecule has 0 aliphatic rings. The summed E-state index contributed by atoms with van der Waals surface area (Å²) in [5.74, 6) is -0.366. The van der Waals surface area contributed by atoms with Crippen molar-refractivity contribution in [3.63, 3.8) is 0 Å². The number of hydrogen-bond donors (Lipinski definition) is 2. The summed E-state index contributed by atoms with van der Waals surface area (Å²) in [6, 6.07) is 0. The third-order valence-electron chi connectivity index (χ3n) is 6.46. The summed E-state index contributed by atoms with van der Waals surface area (Å²) in [7, 11) is -4.27. The van der Waals surface area contributed by atoms with Crippen molar-refractivity contribution < 1.29 is 32.8 Å². The van der Waals surface area contributed by atoms with Gasteiger partial charge < -0.3 is 20.1 Å². The van der Waals surface area contributed by atoms with Crippen molar-refractivity contribution in [1.82, 2.24) is 0 Å². The van der Waals surface area contributed by atoms with E-state index in [2.05, 4.69) is 62.5 Å². The molecule has 0 bridgehead atoms. The fourth-order valence-electron chi connectivity index (χ4n) is 4.07. The summed E-state index contributed by atoms with van der Waals surface area (Å²) in [5, 5.41) is 0. The van der Waals surface area contributed by atoms with Crippen molar-refractivity contribution >= 4 is 13.8 Å². The zero-order chi connectivity index (χ0) is 31.7. The molecule has 0 aromatic rings. The van der Waals surface area contributed by atoms with Crippen LogP contribution in [0.2, 0.25) is 0 Å². The Labute approximate surface area is 262 Å². The first-order valence-electron chi connectivity index (χ1n) is 16.6. The number of rotatable bonds is 31. The van der Waals surface area contributed by atoms with E-state index >= 15 is 0 Å². The Bertz CT molecular complexity index is 798. The fourth-order valence-corrected chi connectivity index (χ4v) is 4.83. The molecule has 0 aliphatic heterocycles. The van der Waals surface area contributed by atoms with Crippen LogP contribution in [0.4, 0.5) is 0 Å². The normalized spacial score (nSPS) is 14.4. The zero-order valence-electron chi connectivity index (χ0n) is 27.2. The molecule has 3 N–H and O–H groups in total. The van der Waals surface area contributed by atoms with Crippen LogP contribution in [-0.2, 0) is 27.9 Å². The molecule has 2 atom stereocenters. The Balaban J connectivity index is 4.23. The standard InChI is InChI=1S/C34H62NO7P/c1-3-5-7-9-11-13-15-16-17-19-21-23-25-27-34(36)42-33(32-41-43(37,38)40-30-28-35)31-39-29-26-24-22-20-18-14-12-10-8-6-4-2/h5,7-8,10-11,13,16-17,33H,3-4,6,9,12,14-15,18-32,35H2,1-2H3,(H,37,38)/b7-5-,10-8-,13-11-,17-16-. The number of esters is 1. The van der Waals surface area contributed by atoms with Crippen LogP contribution in [0.25, 0.3) is 0 Å². The van der Waals surface area contributed by atoms with Gasteiger partial charge in [0.25, 0.3) is 0 Å². The van der Waals surface area contributed by atoms with E-state index in [0.717, 1.165) is 64.2 Å². The molecule has 9 heteroatoms. The molecule has 0 heterocycles. The van der Waals surface area contributed by atoms with Gasteiger partial charge in [0.15, 0.2) is 0 Å². The lowest BCUT2D eigenvalue weighted by Crippen LogP contribution is -2.28. The van der Waals surface area contributed by atoms with E-state index in [-0.39, 0.29) is 38.8 Å². The Hall–Kier alpha value is -1.54. The molecule has 0 aliphatic carbocycles. The molecular formula is C34H62NO7P. The molecule has 0 radical (unpaired) electrons. The van der Waals surface area contributed by atoms with Gasteiger partial charge in [-0.25, -0.2) is 4.57 Å². The maximum absolute atomic E-state index is 12.4. The van der Waals surface area contributed by atoms with Gasteiger partial charge in [0.05, 0.1) is 19.8 Å². The smallest absolute Gasteiger partial charge is 0.457 e. The van der Waals surface area contributed by atoms with E-state index in [1.54, 1.807) is 0 Å². The Morgan fingerprint density at radius 1 is 0.721 bits per heavy atom. The number of carbonyl (C=O) groups is 1. The topological polar surface area (TPSA) is 117 Å². The minimum atomic E-state index is -4.27. The van der Waals surface area contributed by atoms with Gasteiger partial charge in [0.1, 0.15) is 6.10 Å². The van der Waals surface area contributed by atoms with Crippen molar-refractivity contribution in [1.29, 1.82) is 0 Å². The molecule has 250 valence electrons. The minimum Gasteiger partial charge on any atom is -0.457 e. The highest BCUT2D eigenvalue weighted by molar-refractivity contribution is 7.47. The SMILES string of the molecule is CC/C=C\C/C=C\C/C=C\CCCCCC(=O)OC(COCCCCCCCC/C=C\CCC)COP(=O)(O)OCCN. The molecule has 0 fully saturated rings. The molecule has 0 aromatic carbocycles. The van der Waals surface area contributed by atoms with Gasteiger partial charge in [0, 0.05) is 19.6 Å². The molecule has 0 saturated heterocycles. The molecule has 0 aromatic heterocycles. The number of unbranched alkanes of at least 4 members (excludes halogenated alkanes) is 10. The fraction of sp³-hybridized carbons (Fsp3) is 0.735. The van der Waals surface area contributed by atoms with Gasteiger partial charge in [0.2, 0.25) is 0 Å². The third-order valence-corrected chi connectivity index (χ3v) is 7.45. The highest BCUT2D eigenvalue weighted by Gasteiger charge is 2.25. The predicted octanol–water partition coefficient (Wildman–Crippen LogP) is 8.90. The van der Waals surface area contributed by atoms with Crippen LogP contribution in [-0.4, -0.2) is 49.9 Å². The summed E-state index contributed by atoms with van der Waals surface area (Å²) in [6.45, 7) is 4.66. The molecule has 0 spiro atoms. The first kappa shape index (κ1) is 41.5. The van der Waals surface area contributed by atoms with E-state index in [1.807, 2.05) is 0 Å². The van der Waals surface area contributed by atoms with Crippen LogP contribution in [0.3, 0.4) is 0 Å². The molecule has 2 unspecified atom stereocenters. The van der Waals surface area contributed by atoms with E-state index in [9.17, 15) is 14.3 Å². The van der Waals surface area contributed by atoms with Crippen LogP contribution in [0.1, 0.15) is 123 Å². The number of hydrogen-bond acceptors (Lipinski definition) is 7. The van der Waals surface area contributed by atoms with Crippen LogP contribution in [0.15, 0.2) is 48.6 Å². The molecule has 8 nitrogen and oxygen atoms in total. The van der Waals surface area contributed by atoms with E-state index in [4.69, 9.17) is 24.3 Å². The largest absolute Gasteiger partial charge is 0.472 e. The van der Waals surface area contributed by atoms with Gasteiger partial charge in [-0.2, -0.15) is 0 Å². The van der Waals surface area contributed by atoms with Crippen LogP contribution in [0, 0.1) is 0 Å². The quantitative estimate of drug-likeness (QED) is 0.0339.